The van der Waals surface area contributed by atoms with E-state index in [2.05, 4.69) is 42.3 Å². The van der Waals surface area contributed by atoms with Crippen LogP contribution in [0.5, 0.6) is 5.75 Å². The molecule has 0 bridgehead atoms. The van der Waals surface area contributed by atoms with Crippen molar-refractivity contribution in [2.45, 2.75) is 32.9 Å². The molecule has 1 aliphatic rings. The first kappa shape index (κ1) is 16.3. The van der Waals surface area contributed by atoms with E-state index >= 15 is 0 Å². The topological polar surface area (TPSA) is 33.7 Å². The first-order chi connectivity index (χ1) is 10.2. The zero-order valence-corrected chi connectivity index (χ0v) is 13.3. The third kappa shape index (κ3) is 6.46. The van der Waals surface area contributed by atoms with E-state index in [0.29, 0.717) is 0 Å². The molecule has 1 saturated heterocycles. The van der Waals surface area contributed by atoms with Gasteiger partial charge in [-0.1, -0.05) is 12.1 Å². The summed E-state index contributed by atoms with van der Waals surface area (Å²) in [6, 6.07) is 8.33. The fourth-order valence-corrected chi connectivity index (χ4v) is 2.49. The van der Waals surface area contributed by atoms with Gasteiger partial charge in [-0.05, 0) is 51.1 Å². The van der Waals surface area contributed by atoms with Gasteiger partial charge < -0.3 is 14.8 Å². The predicted molar refractivity (Wildman–Crippen MR) is 85.8 cm³/mol. The van der Waals surface area contributed by atoms with E-state index in [4.69, 9.17) is 9.47 Å². The summed E-state index contributed by atoms with van der Waals surface area (Å²) in [5.74, 6) is 0.956. The number of nitrogens with zero attached hydrogens (tertiary/aromatic N) is 1. The van der Waals surface area contributed by atoms with Crippen LogP contribution < -0.4 is 10.1 Å². The van der Waals surface area contributed by atoms with Crippen LogP contribution in [0.2, 0.25) is 0 Å². The van der Waals surface area contributed by atoms with Crippen molar-refractivity contribution in [2.75, 3.05) is 39.4 Å². The summed E-state index contributed by atoms with van der Waals surface area (Å²) in [7, 11) is 0. The number of nitrogens with one attached hydrogen (secondary N) is 1. The Balaban J connectivity index is 1.61. The van der Waals surface area contributed by atoms with Crippen LogP contribution in [0.25, 0.3) is 0 Å². The highest BCUT2D eigenvalue weighted by Gasteiger charge is 2.08. The Morgan fingerprint density at radius 2 is 2.10 bits per heavy atom. The number of ether oxygens (including phenoxy) is 2. The molecule has 0 amide bonds. The van der Waals surface area contributed by atoms with Crippen molar-refractivity contribution in [3.8, 4) is 5.75 Å². The molecule has 0 saturated carbocycles. The van der Waals surface area contributed by atoms with Crippen LogP contribution in [-0.4, -0.2) is 50.4 Å². The zero-order chi connectivity index (χ0) is 14.9. The van der Waals surface area contributed by atoms with Crippen LogP contribution in [0.4, 0.5) is 0 Å². The monoisotopic (exact) mass is 292 g/mol. The lowest BCUT2D eigenvalue weighted by molar-refractivity contribution is 0.0374. The Kier molecular flexibility index (Phi) is 7.00. The van der Waals surface area contributed by atoms with E-state index in [-0.39, 0.29) is 6.10 Å². The van der Waals surface area contributed by atoms with Crippen molar-refractivity contribution in [1.82, 2.24) is 10.2 Å². The molecule has 0 radical (unpaired) electrons. The Labute approximate surface area is 128 Å². The molecule has 0 unspecified atom stereocenters. The standard InChI is InChI=1S/C17H28N2O2/c1-15(2)21-17-6-3-5-16(13-17)14-18-7-4-8-19-9-11-20-12-10-19/h3,5-6,13,15,18H,4,7-12,14H2,1-2H3. The van der Waals surface area contributed by atoms with Gasteiger partial charge in [-0.15, -0.1) is 0 Å². The molecule has 21 heavy (non-hydrogen) atoms. The summed E-state index contributed by atoms with van der Waals surface area (Å²) in [5, 5.41) is 3.51. The number of hydrogen-bond donors (Lipinski definition) is 1. The van der Waals surface area contributed by atoms with Crippen LogP contribution >= 0.6 is 0 Å². The van der Waals surface area contributed by atoms with Crippen molar-refractivity contribution in [2.24, 2.45) is 0 Å². The van der Waals surface area contributed by atoms with E-state index < -0.39 is 0 Å². The van der Waals surface area contributed by atoms with Crippen molar-refractivity contribution in [3.63, 3.8) is 0 Å². The second-order valence-electron chi connectivity index (χ2n) is 5.80. The molecule has 4 heteroatoms. The predicted octanol–water partition coefficient (Wildman–Crippen LogP) is 2.29. The molecule has 0 atom stereocenters. The maximum Gasteiger partial charge on any atom is 0.120 e. The summed E-state index contributed by atoms with van der Waals surface area (Å²) in [6.45, 7) is 11.1. The molecule has 118 valence electrons. The lowest BCUT2D eigenvalue weighted by atomic mass is 10.2. The van der Waals surface area contributed by atoms with E-state index in [0.717, 1.165) is 51.7 Å². The van der Waals surface area contributed by atoms with Gasteiger partial charge in [0.2, 0.25) is 0 Å². The van der Waals surface area contributed by atoms with Gasteiger partial charge in [-0.25, -0.2) is 0 Å². The van der Waals surface area contributed by atoms with Gasteiger partial charge in [0.25, 0.3) is 0 Å². The minimum Gasteiger partial charge on any atom is -0.491 e. The smallest absolute Gasteiger partial charge is 0.120 e. The van der Waals surface area contributed by atoms with Crippen LogP contribution in [0, 0.1) is 0 Å². The zero-order valence-electron chi connectivity index (χ0n) is 13.3. The molecular weight excluding hydrogens is 264 g/mol. The third-order valence-electron chi connectivity index (χ3n) is 3.53. The highest BCUT2D eigenvalue weighted by molar-refractivity contribution is 5.28. The van der Waals surface area contributed by atoms with Gasteiger partial charge in [-0.2, -0.15) is 0 Å². The van der Waals surface area contributed by atoms with Gasteiger partial charge in [-0.3, -0.25) is 4.90 Å². The van der Waals surface area contributed by atoms with Crippen molar-refractivity contribution in [1.29, 1.82) is 0 Å². The Morgan fingerprint density at radius 3 is 2.86 bits per heavy atom. The maximum atomic E-state index is 5.72. The molecule has 1 aromatic rings. The van der Waals surface area contributed by atoms with Crippen molar-refractivity contribution in [3.05, 3.63) is 29.8 Å². The van der Waals surface area contributed by atoms with Gasteiger partial charge in [0.1, 0.15) is 5.75 Å². The van der Waals surface area contributed by atoms with Crippen molar-refractivity contribution < 1.29 is 9.47 Å². The fraction of sp³-hybridized carbons (Fsp3) is 0.647. The average Bonchev–Trinajstić information content (AvgIpc) is 2.48. The first-order valence-electron chi connectivity index (χ1n) is 8.00. The number of morpholine rings is 1. The molecule has 1 fully saturated rings. The second-order valence-corrected chi connectivity index (χ2v) is 5.80. The van der Waals surface area contributed by atoms with E-state index in [9.17, 15) is 0 Å². The highest BCUT2D eigenvalue weighted by Crippen LogP contribution is 2.14. The molecule has 1 aromatic carbocycles. The third-order valence-corrected chi connectivity index (χ3v) is 3.53. The van der Waals surface area contributed by atoms with Crippen LogP contribution in [0.3, 0.4) is 0 Å². The summed E-state index contributed by atoms with van der Waals surface area (Å²) >= 11 is 0. The number of hydrogen-bond acceptors (Lipinski definition) is 4. The molecule has 4 nitrogen and oxygen atoms in total. The fourth-order valence-electron chi connectivity index (χ4n) is 2.49. The summed E-state index contributed by atoms with van der Waals surface area (Å²) in [6.07, 6.45) is 1.41. The van der Waals surface area contributed by atoms with Gasteiger partial charge >= 0.3 is 0 Å². The molecule has 1 N–H and O–H groups in total. The quantitative estimate of drug-likeness (QED) is 0.745. The number of benzene rings is 1. The van der Waals surface area contributed by atoms with Crippen LogP contribution in [0.1, 0.15) is 25.8 Å². The molecule has 0 spiro atoms. The minimum absolute atomic E-state index is 0.224. The van der Waals surface area contributed by atoms with Crippen molar-refractivity contribution >= 4 is 0 Å². The Morgan fingerprint density at radius 1 is 1.29 bits per heavy atom. The lowest BCUT2D eigenvalue weighted by Crippen LogP contribution is -2.37. The van der Waals surface area contributed by atoms with Crippen LogP contribution in [0.15, 0.2) is 24.3 Å². The Hall–Kier alpha value is -1.10. The van der Waals surface area contributed by atoms with E-state index in [1.54, 1.807) is 0 Å². The Bertz CT molecular complexity index is 404. The maximum absolute atomic E-state index is 5.72. The lowest BCUT2D eigenvalue weighted by Gasteiger charge is -2.26. The van der Waals surface area contributed by atoms with Gasteiger partial charge in [0.15, 0.2) is 0 Å². The van der Waals surface area contributed by atoms with Crippen LogP contribution in [-0.2, 0) is 11.3 Å². The molecule has 2 rings (SSSR count). The first-order valence-corrected chi connectivity index (χ1v) is 8.00. The SMILES string of the molecule is CC(C)Oc1cccc(CNCCCN2CCOCC2)c1. The van der Waals surface area contributed by atoms with E-state index in [1.807, 2.05) is 6.07 Å². The van der Waals surface area contributed by atoms with E-state index in [1.165, 1.54) is 12.0 Å². The van der Waals surface area contributed by atoms with Gasteiger partial charge in [0.05, 0.1) is 19.3 Å². The molecule has 0 aliphatic carbocycles. The van der Waals surface area contributed by atoms with Gasteiger partial charge in [0, 0.05) is 19.6 Å². The number of rotatable bonds is 8. The molecule has 0 aromatic heterocycles. The summed E-state index contributed by atoms with van der Waals surface area (Å²) < 4.78 is 11.1. The molecular formula is C17H28N2O2. The highest BCUT2D eigenvalue weighted by atomic mass is 16.5. The second kappa shape index (κ2) is 9.03. The summed E-state index contributed by atoms with van der Waals surface area (Å²) in [4.78, 5) is 2.47. The molecule has 1 heterocycles. The minimum atomic E-state index is 0.224. The normalized spacial score (nSPS) is 16.3. The average molecular weight is 292 g/mol. The molecule has 1 aliphatic heterocycles. The largest absolute Gasteiger partial charge is 0.491 e. The summed E-state index contributed by atoms with van der Waals surface area (Å²) in [5.41, 5.74) is 1.28.